The Hall–Kier alpha value is -1.51. The van der Waals surface area contributed by atoms with E-state index in [1.807, 2.05) is 6.92 Å². The lowest BCUT2D eigenvalue weighted by atomic mass is 9.98. The van der Waals surface area contributed by atoms with Crippen molar-refractivity contribution in [3.63, 3.8) is 0 Å². The predicted octanol–water partition coefficient (Wildman–Crippen LogP) is 4.12. The van der Waals surface area contributed by atoms with Gasteiger partial charge in [0.15, 0.2) is 5.78 Å². The van der Waals surface area contributed by atoms with Crippen molar-refractivity contribution >= 4 is 34.7 Å². The molecule has 0 bridgehead atoms. The number of aryl methyl sites for hydroxylation is 1. The summed E-state index contributed by atoms with van der Waals surface area (Å²) in [5.74, 6) is -0.153. The second-order valence-corrected chi connectivity index (χ2v) is 4.79. The Morgan fingerprint density at radius 2 is 1.83 bits per heavy atom. The number of nitrogen functional groups attached to an aromatic ring is 1. The number of rotatable bonds is 2. The quantitative estimate of drug-likeness (QED) is 0.664. The van der Waals surface area contributed by atoms with Crippen molar-refractivity contribution in [2.24, 2.45) is 0 Å². The molecular formula is C14H11Cl2NO. The molecule has 0 saturated carbocycles. The van der Waals surface area contributed by atoms with E-state index < -0.39 is 0 Å². The van der Waals surface area contributed by atoms with Gasteiger partial charge in [-0.05, 0) is 42.8 Å². The Kier molecular flexibility index (Phi) is 3.60. The predicted molar refractivity (Wildman–Crippen MR) is 75.5 cm³/mol. The van der Waals surface area contributed by atoms with Gasteiger partial charge in [0, 0.05) is 16.8 Å². The minimum Gasteiger partial charge on any atom is -0.399 e. The lowest BCUT2D eigenvalue weighted by Gasteiger charge is -2.08. The van der Waals surface area contributed by atoms with E-state index in [2.05, 4.69) is 0 Å². The highest BCUT2D eigenvalue weighted by Gasteiger charge is 2.16. The van der Waals surface area contributed by atoms with E-state index in [1.165, 1.54) is 0 Å². The molecule has 0 aliphatic carbocycles. The summed E-state index contributed by atoms with van der Waals surface area (Å²) in [4.78, 5) is 12.4. The fraction of sp³-hybridized carbons (Fsp3) is 0.0714. The van der Waals surface area contributed by atoms with Crippen LogP contribution in [0.1, 0.15) is 21.5 Å². The standard InChI is InChI=1S/C14H11Cl2NO/c1-8-7-9(17)5-6-10(8)14(18)11-3-2-4-12(15)13(11)16/h2-7H,17H2,1H3. The fourth-order valence-electron chi connectivity index (χ4n) is 1.77. The van der Waals surface area contributed by atoms with E-state index in [4.69, 9.17) is 28.9 Å². The Morgan fingerprint density at radius 3 is 2.50 bits per heavy atom. The highest BCUT2D eigenvalue weighted by molar-refractivity contribution is 6.44. The number of hydrogen-bond donors (Lipinski definition) is 1. The summed E-state index contributed by atoms with van der Waals surface area (Å²) < 4.78 is 0. The van der Waals surface area contributed by atoms with Crippen LogP contribution in [0, 0.1) is 6.92 Å². The normalized spacial score (nSPS) is 10.4. The van der Waals surface area contributed by atoms with Crippen molar-refractivity contribution in [2.75, 3.05) is 5.73 Å². The second kappa shape index (κ2) is 5.01. The summed E-state index contributed by atoms with van der Waals surface area (Å²) >= 11 is 12.0. The van der Waals surface area contributed by atoms with Crippen LogP contribution in [0.5, 0.6) is 0 Å². The molecule has 2 N–H and O–H groups in total. The van der Waals surface area contributed by atoms with Crippen molar-refractivity contribution in [3.05, 3.63) is 63.1 Å². The molecule has 2 nitrogen and oxygen atoms in total. The highest BCUT2D eigenvalue weighted by Crippen LogP contribution is 2.28. The van der Waals surface area contributed by atoms with E-state index in [0.29, 0.717) is 21.8 Å². The van der Waals surface area contributed by atoms with Crippen molar-refractivity contribution < 1.29 is 4.79 Å². The zero-order valence-electron chi connectivity index (χ0n) is 9.71. The Balaban J connectivity index is 2.51. The first-order valence-electron chi connectivity index (χ1n) is 5.35. The molecule has 0 fully saturated rings. The monoisotopic (exact) mass is 279 g/mol. The van der Waals surface area contributed by atoms with Gasteiger partial charge in [-0.3, -0.25) is 4.79 Å². The minimum atomic E-state index is -0.153. The molecule has 0 spiro atoms. The number of benzene rings is 2. The molecule has 0 atom stereocenters. The molecule has 0 amide bonds. The third-order valence-electron chi connectivity index (χ3n) is 2.69. The highest BCUT2D eigenvalue weighted by atomic mass is 35.5. The molecule has 0 aromatic heterocycles. The van der Waals surface area contributed by atoms with Crippen LogP contribution < -0.4 is 5.73 Å². The van der Waals surface area contributed by atoms with E-state index in [0.717, 1.165) is 5.56 Å². The molecule has 0 radical (unpaired) electrons. The van der Waals surface area contributed by atoms with Crippen LogP contribution in [-0.2, 0) is 0 Å². The summed E-state index contributed by atoms with van der Waals surface area (Å²) in [6.07, 6.45) is 0. The van der Waals surface area contributed by atoms with Crippen molar-refractivity contribution in [3.8, 4) is 0 Å². The summed E-state index contributed by atoms with van der Waals surface area (Å²) in [6, 6.07) is 10.2. The average molecular weight is 280 g/mol. The van der Waals surface area contributed by atoms with Gasteiger partial charge in [0.05, 0.1) is 10.0 Å². The molecule has 2 aromatic rings. The topological polar surface area (TPSA) is 43.1 Å². The minimum absolute atomic E-state index is 0.153. The van der Waals surface area contributed by atoms with Crippen LogP contribution >= 0.6 is 23.2 Å². The average Bonchev–Trinajstić information content (AvgIpc) is 2.32. The van der Waals surface area contributed by atoms with Gasteiger partial charge in [0.25, 0.3) is 0 Å². The molecule has 0 aliphatic heterocycles. The maximum Gasteiger partial charge on any atom is 0.194 e. The zero-order chi connectivity index (χ0) is 13.3. The first kappa shape index (κ1) is 12.9. The molecule has 18 heavy (non-hydrogen) atoms. The SMILES string of the molecule is Cc1cc(N)ccc1C(=O)c1cccc(Cl)c1Cl. The summed E-state index contributed by atoms with van der Waals surface area (Å²) in [7, 11) is 0. The summed E-state index contributed by atoms with van der Waals surface area (Å²) in [6.45, 7) is 1.84. The van der Waals surface area contributed by atoms with E-state index in [1.54, 1.807) is 36.4 Å². The van der Waals surface area contributed by atoms with E-state index >= 15 is 0 Å². The zero-order valence-corrected chi connectivity index (χ0v) is 11.2. The van der Waals surface area contributed by atoms with Crippen LogP contribution in [0.25, 0.3) is 0 Å². The lowest BCUT2D eigenvalue weighted by molar-refractivity contribution is 0.103. The largest absolute Gasteiger partial charge is 0.399 e. The second-order valence-electron chi connectivity index (χ2n) is 4.00. The first-order valence-corrected chi connectivity index (χ1v) is 6.11. The number of carbonyl (C=O) groups is 1. The fourth-order valence-corrected chi connectivity index (χ4v) is 2.15. The molecule has 0 aliphatic rings. The van der Waals surface area contributed by atoms with Crippen LogP contribution in [0.15, 0.2) is 36.4 Å². The van der Waals surface area contributed by atoms with Gasteiger partial charge in [0.2, 0.25) is 0 Å². The first-order chi connectivity index (χ1) is 8.50. The van der Waals surface area contributed by atoms with Gasteiger partial charge in [0.1, 0.15) is 0 Å². The van der Waals surface area contributed by atoms with Crippen molar-refractivity contribution in [1.82, 2.24) is 0 Å². The van der Waals surface area contributed by atoms with Crippen LogP contribution in [0.3, 0.4) is 0 Å². The maximum atomic E-state index is 12.4. The van der Waals surface area contributed by atoms with Gasteiger partial charge in [-0.2, -0.15) is 0 Å². The molecule has 2 aromatic carbocycles. The Morgan fingerprint density at radius 1 is 1.11 bits per heavy atom. The molecule has 2 rings (SSSR count). The van der Waals surface area contributed by atoms with Gasteiger partial charge in [-0.15, -0.1) is 0 Å². The molecule has 0 heterocycles. The Bertz CT molecular complexity index is 623. The smallest absolute Gasteiger partial charge is 0.194 e. The molecule has 92 valence electrons. The van der Waals surface area contributed by atoms with E-state index in [-0.39, 0.29) is 10.8 Å². The molecule has 4 heteroatoms. The van der Waals surface area contributed by atoms with E-state index in [9.17, 15) is 4.79 Å². The lowest BCUT2D eigenvalue weighted by Crippen LogP contribution is -2.05. The van der Waals surface area contributed by atoms with Gasteiger partial charge < -0.3 is 5.73 Å². The van der Waals surface area contributed by atoms with Crippen molar-refractivity contribution in [2.45, 2.75) is 6.92 Å². The van der Waals surface area contributed by atoms with Crippen LogP contribution in [0.4, 0.5) is 5.69 Å². The molecule has 0 unspecified atom stereocenters. The van der Waals surface area contributed by atoms with Crippen LogP contribution in [0.2, 0.25) is 10.0 Å². The number of anilines is 1. The summed E-state index contributed by atoms with van der Waals surface area (Å²) in [5.41, 5.74) is 8.08. The molecular weight excluding hydrogens is 269 g/mol. The number of nitrogens with two attached hydrogens (primary N) is 1. The Labute approximate surface area is 115 Å². The van der Waals surface area contributed by atoms with Gasteiger partial charge >= 0.3 is 0 Å². The number of ketones is 1. The third kappa shape index (κ3) is 2.35. The molecule has 0 saturated heterocycles. The van der Waals surface area contributed by atoms with Gasteiger partial charge in [-0.25, -0.2) is 0 Å². The third-order valence-corrected chi connectivity index (χ3v) is 3.51. The number of hydrogen-bond acceptors (Lipinski definition) is 2. The van der Waals surface area contributed by atoms with Crippen LogP contribution in [-0.4, -0.2) is 5.78 Å². The van der Waals surface area contributed by atoms with Crippen molar-refractivity contribution in [1.29, 1.82) is 0 Å². The summed E-state index contributed by atoms with van der Waals surface area (Å²) in [5, 5.41) is 0.649. The number of carbonyl (C=O) groups excluding carboxylic acids is 1. The van der Waals surface area contributed by atoms with Gasteiger partial charge in [-0.1, -0.05) is 29.3 Å². The maximum absolute atomic E-state index is 12.4. The number of halogens is 2.